The summed E-state index contributed by atoms with van der Waals surface area (Å²) in [5, 5.41) is 9.71. The molecule has 1 saturated carbocycles. The third kappa shape index (κ3) is 6.01. The van der Waals surface area contributed by atoms with Gasteiger partial charge in [-0.2, -0.15) is 5.26 Å². The van der Waals surface area contributed by atoms with Gasteiger partial charge < -0.3 is 0 Å². The number of nitrogens with zero attached hydrogens (tertiary/aromatic N) is 3. The number of nitriles is 1. The van der Waals surface area contributed by atoms with Crippen molar-refractivity contribution in [2.75, 3.05) is 0 Å². The zero-order chi connectivity index (χ0) is 37.5. The molecule has 1 spiro atoms. The van der Waals surface area contributed by atoms with Crippen LogP contribution in [-0.2, 0) is 5.41 Å². The van der Waals surface area contributed by atoms with Gasteiger partial charge in [0.05, 0.1) is 23.0 Å². The molecule has 0 unspecified atom stereocenters. The highest BCUT2D eigenvalue weighted by molar-refractivity contribution is 5.85. The maximum atomic E-state index is 9.71. The summed E-state index contributed by atoms with van der Waals surface area (Å²) in [4.78, 5) is 10.0. The van der Waals surface area contributed by atoms with Crippen LogP contribution in [0.2, 0.25) is 0 Å². The first-order valence-electron chi connectivity index (χ1n) is 19.7. The maximum absolute atomic E-state index is 9.71. The highest BCUT2D eigenvalue weighted by atomic mass is 14.9. The van der Waals surface area contributed by atoms with Crippen molar-refractivity contribution in [2.45, 2.75) is 37.5 Å². The van der Waals surface area contributed by atoms with Gasteiger partial charge in [-0.25, -0.2) is 9.97 Å². The fourth-order valence-electron chi connectivity index (χ4n) is 9.07. The van der Waals surface area contributed by atoms with Crippen molar-refractivity contribution >= 4 is 0 Å². The van der Waals surface area contributed by atoms with Crippen LogP contribution in [0.15, 0.2) is 176 Å². The van der Waals surface area contributed by atoms with Crippen LogP contribution in [-0.4, -0.2) is 9.97 Å². The fraction of sp³-hybridized carbons (Fsp3) is 0.113. The van der Waals surface area contributed by atoms with Crippen LogP contribution in [0, 0.1) is 11.3 Å². The van der Waals surface area contributed by atoms with Gasteiger partial charge in [-0.15, -0.1) is 0 Å². The van der Waals surface area contributed by atoms with Crippen molar-refractivity contribution in [3.63, 3.8) is 0 Å². The molecule has 0 atom stereocenters. The third-order valence-electron chi connectivity index (χ3n) is 12.0. The van der Waals surface area contributed by atoms with Crippen LogP contribution in [0.4, 0.5) is 0 Å². The standard InChI is InChI=1S/C53H39N3/c54-35-36-17-27-46-47-28-26-44(33-49(47)53(48(46)31-36)29-8-3-9-30-53)40-24-20-38(21-25-40)37-18-22-39(23-19-37)43-15-10-16-45(32-43)51-34-50(41-11-4-1-5-12-41)55-52(56-51)42-13-6-2-7-14-42/h1-2,4-7,10-28,31-34H,3,8-9,29-30H2. The molecular weight excluding hydrogens is 679 g/mol. The van der Waals surface area contributed by atoms with E-state index >= 15 is 0 Å². The Labute approximate surface area is 328 Å². The first kappa shape index (κ1) is 33.7. The smallest absolute Gasteiger partial charge is 0.160 e. The highest BCUT2D eigenvalue weighted by Gasteiger charge is 2.44. The molecule has 10 rings (SSSR count). The van der Waals surface area contributed by atoms with Crippen molar-refractivity contribution < 1.29 is 0 Å². The number of hydrogen-bond donors (Lipinski definition) is 0. The number of benzene rings is 7. The van der Waals surface area contributed by atoms with Crippen molar-refractivity contribution in [1.29, 1.82) is 5.26 Å². The van der Waals surface area contributed by atoms with Crippen LogP contribution < -0.4 is 0 Å². The monoisotopic (exact) mass is 717 g/mol. The summed E-state index contributed by atoms with van der Waals surface area (Å²) in [6.45, 7) is 0. The number of rotatable bonds is 6. The zero-order valence-corrected chi connectivity index (χ0v) is 31.1. The summed E-state index contributed by atoms with van der Waals surface area (Å²) in [5.74, 6) is 0.715. The molecule has 56 heavy (non-hydrogen) atoms. The van der Waals surface area contributed by atoms with Gasteiger partial charge >= 0.3 is 0 Å². The minimum absolute atomic E-state index is 0.0119. The molecule has 1 heterocycles. The number of fused-ring (bicyclic) bond motifs is 5. The van der Waals surface area contributed by atoms with Crippen molar-refractivity contribution in [1.82, 2.24) is 9.97 Å². The Morgan fingerprint density at radius 2 is 0.875 bits per heavy atom. The van der Waals surface area contributed by atoms with Crippen LogP contribution >= 0.6 is 0 Å². The van der Waals surface area contributed by atoms with E-state index in [2.05, 4.69) is 140 Å². The lowest BCUT2D eigenvalue weighted by atomic mass is 9.67. The molecule has 7 aromatic carbocycles. The summed E-state index contributed by atoms with van der Waals surface area (Å²) in [5.41, 5.74) is 18.3. The largest absolute Gasteiger partial charge is 0.228 e. The molecule has 0 radical (unpaired) electrons. The fourth-order valence-corrected chi connectivity index (χ4v) is 9.07. The molecule has 3 heteroatoms. The molecule has 0 saturated heterocycles. The highest BCUT2D eigenvalue weighted by Crippen LogP contribution is 2.56. The molecule has 3 nitrogen and oxygen atoms in total. The Balaban J connectivity index is 0.923. The van der Waals surface area contributed by atoms with Gasteiger partial charge in [0.15, 0.2) is 5.82 Å². The van der Waals surface area contributed by atoms with E-state index in [1.165, 1.54) is 63.8 Å². The van der Waals surface area contributed by atoms with Crippen molar-refractivity contribution in [2.24, 2.45) is 0 Å². The number of hydrogen-bond acceptors (Lipinski definition) is 3. The number of aromatic nitrogens is 2. The van der Waals surface area contributed by atoms with Crippen LogP contribution in [0.25, 0.3) is 78.4 Å². The average Bonchev–Trinajstić information content (AvgIpc) is 3.54. The third-order valence-corrected chi connectivity index (χ3v) is 12.0. The summed E-state index contributed by atoms with van der Waals surface area (Å²) < 4.78 is 0. The molecule has 1 fully saturated rings. The van der Waals surface area contributed by atoms with E-state index < -0.39 is 0 Å². The first-order valence-corrected chi connectivity index (χ1v) is 19.7. The average molecular weight is 718 g/mol. The van der Waals surface area contributed by atoms with E-state index in [1.807, 2.05) is 42.5 Å². The Hall–Kier alpha value is -6.89. The minimum Gasteiger partial charge on any atom is -0.228 e. The van der Waals surface area contributed by atoms with Gasteiger partial charge in [-0.3, -0.25) is 0 Å². The first-order chi connectivity index (χ1) is 27.6. The maximum Gasteiger partial charge on any atom is 0.160 e. The normalized spacial score (nSPS) is 13.8. The second-order valence-electron chi connectivity index (χ2n) is 15.2. The SMILES string of the molecule is N#Cc1ccc2c(c1)C1(CCCCC1)c1cc(-c3ccc(-c4ccc(-c5cccc(-c6cc(-c7ccccc7)nc(-c7ccccc7)n6)c5)cc4)cc3)ccc1-2. The van der Waals surface area contributed by atoms with Crippen molar-refractivity contribution in [3.8, 4) is 84.5 Å². The van der Waals surface area contributed by atoms with Crippen LogP contribution in [0.3, 0.4) is 0 Å². The Morgan fingerprint density at radius 3 is 1.50 bits per heavy atom. The second-order valence-corrected chi connectivity index (χ2v) is 15.2. The molecule has 266 valence electrons. The van der Waals surface area contributed by atoms with E-state index in [-0.39, 0.29) is 5.41 Å². The van der Waals surface area contributed by atoms with E-state index in [0.29, 0.717) is 5.82 Å². The van der Waals surface area contributed by atoms with Gasteiger partial charge in [-0.05, 0) is 98.8 Å². The predicted octanol–water partition coefficient (Wildman–Crippen LogP) is 13.6. The van der Waals surface area contributed by atoms with E-state index in [9.17, 15) is 5.26 Å². The quantitative estimate of drug-likeness (QED) is 0.172. The molecule has 1 aromatic heterocycles. The summed E-state index contributed by atoms with van der Waals surface area (Å²) in [6, 6.07) is 64.8. The lowest BCUT2D eigenvalue weighted by Crippen LogP contribution is -2.28. The Morgan fingerprint density at radius 1 is 0.393 bits per heavy atom. The lowest BCUT2D eigenvalue weighted by molar-refractivity contribution is 0.353. The predicted molar refractivity (Wildman–Crippen MR) is 229 cm³/mol. The van der Waals surface area contributed by atoms with Gasteiger partial charge in [0.1, 0.15) is 0 Å². The molecule has 0 amide bonds. The molecular formula is C53H39N3. The van der Waals surface area contributed by atoms with E-state index in [4.69, 9.17) is 9.97 Å². The van der Waals surface area contributed by atoms with E-state index in [1.54, 1.807) is 0 Å². The second kappa shape index (κ2) is 14.1. The van der Waals surface area contributed by atoms with Crippen LogP contribution in [0.5, 0.6) is 0 Å². The van der Waals surface area contributed by atoms with Gasteiger partial charge in [-0.1, -0.05) is 165 Å². The molecule has 0 bridgehead atoms. The summed E-state index contributed by atoms with van der Waals surface area (Å²) >= 11 is 0. The molecule has 0 N–H and O–H groups in total. The van der Waals surface area contributed by atoms with Gasteiger partial charge in [0, 0.05) is 22.1 Å². The van der Waals surface area contributed by atoms with Crippen molar-refractivity contribution in [3.05, 3.63) is 193 Å². The Bertz CT molecular complexity index is 2700. The summed E-state index contributed by atoms with van der Waals surface area (Å²) in [7, 11) is 0. The molecule has 2 aliphatic carbocycles. The Kier molecular flexibility index (Phi) is 8.46. The van der Waals surface area contributed by atoms with Crippen LogP contribution in [0.1, 0.15) is 48.8 Å². The van der Waals surface area contributed by atoms with Gasteiger partial charge in [0.25, 0.3) is 0 Å². The minimum atomic E-state index is 0.0119. The van der Waals surface area contributed by atoms with E-state index in [0.717, 1.165) is 57.6 Å². The topological polar surface area (TPSA) is 49.6 Å². The van der Waals surface area contributed by atoms with Gasteiger partial charge in [0.2, 0.25) is 0 Å². The summed E-state index contributed by atoms with van der Waals surface area (Å²) in [6.07, 6.45) is 6.04. The molecule has 0 aliphatic heterocycles. The molecule has 2 aliphatic rings. The lowest BCUT2D eigenvalue weighted by Gasteiger charge is -2.36. The molecule has 8 aromatic rings. The zero-order valence-electron chi connectivity index (χ0n) is 31.1.